The fraction of sp³-hybridized carbons (Fsp3) is 0.909. The molecule has 0 saturated heterocycles. The Morgan fingerprint density at radius 1 is 1.53 bits per heavy atom. The lowest BCUT2D eigenvalue weighted by Crippen LogP contribution is -2.39. The molecule has 0 aromatic carbocycles. The van der Waals surface area contributed by atoms with E-state index in [0.717, 1.165) is 6.42 Å². The van der Waals surface area contributed by atoms with Crippen molar-refractivity contribution in [2.24, 2.45) is 17.3 Å². The normalized spacial score (nSPS) is 35.9. The van der Waals surface area contributed by atoms with Crippen molar-refractivity contribution < 1.29 is 19.7 Å². The molecule has 0 aromatic heterocycles. The van der Waals surface area contributed by atoms with Gasteiger partial charge in [-0.3, -0.25) is 4.79 Å². The van der Waals surface area contributed by atoms with E-state index in [0.29, 0.717) is 12.3 Å². The first-order valence-electron chi connectivity index (χ1n) is 5.35. The molecule has 1 aliphatic rings. The molecule has 0 radical (unpaired) electrons. The predicted molar refractivity (Wildman–Crippen MR) is 54.9 cm³/mol. The molecule has 1 fully saturated rings. The number of carbonyl (C=O) groups excluding carboxylic acids is 1. The average molecular weight is 216 g/mol. The Morgan fingerprint density at radius 3 is 2.47 bits per heavy atom. The summed E-state index contributed by atoms with van der Waals surface area (Å²) < 4.78 is 4.61. The molecule has 0 heterocycles. The molecule has 3 atom stereocenters. The summed E-state index contributed by atoms with van der Waals surface area (Å²) in [6.45, 7) is 4.03. The number of carbonyl (C=O) groups is 1. The summed E-state index contributed by atoms with van der Waals surface area (Å²) in [5.74, 6) is 0.183. The van der Waals surface area contributed by atoms with Crippen LogP contribution in [0.1, 0.15) is 33.1 Å². The number of hydrogen-bond acceptors (Lipinski definition) is 4. The summed E-state index contributed by atoms with van der Waals surface area (Å²) >= 11 is 0. The van der Waals surface area contributed by atoms with E-state index in [4.69, 9.17) is 0 Å². The molecule has 0 aliphatic heterocycles. The second kappa shape index (κ2) is 4.49. The molecule has 4 nitrogen and oxygen atoms in total. The maximum Gasteiger partial charge on any atom is 0.306 e. The zero-order valence-corrected chi connectivity index (χ0v) is 9.56. The first-order valence-corrected chi connectivity index (χ1v) is 5.35. The van der Waals surface area contributed by atoms with Gasteiger partial charge in [-0.05, 0) is 24.7 Å². The molecular weight excluding hydrogens is 196 g/mol. The first-order chi connectivity index (χ1) is 6.92. The van der Waals surface area contributed by atoms with E-state index in [-0.39, 0.29) is 18.3 Å². The maximum absolute atomic E-state index is 11.3. The highest BCUT2D eigenvalue weighted by molar-refractivity contribution is 5.70. The smallest absolute Gasteiger partial charge is 0.306 e. The molecule has 0 bridgehead atoms. The standard InChI is InChI=1S/C11H20O4/c1-7-4-8(2)11(5-7,10(13)14)6-9(12)15-3/h7-8,10,13-14H,4-6H2,1-3H3. The van der Waals surface area contributed by atoms with Crippen LogP contribution in [0.5, 0.6) is 0 Å². The summed E-state index contributed by atoms with van der Waals surface area (Å²) in [6.07, 6.45) is 0.235. The summed E-state index contributed by atoms with van der Waals surface area (Å²) in [4.78, 5) is 11.3. The van der Waals surface area contributed by atoms with Crippen molar-refractivity contribution in [3.63, 3.8) is 0 Å². The van der Waals surface area contributed by atoms with Crippen molar-refractivity contribution in [1.82, 2.24) is 0 Å². The second-order valence-corrected chi connectivity index (χ2v) is 4.81. The number of methoxy groups -OCH3 is 1. The Morgan fingerprint density at radius 2 is 2.13 bits per heavy atom. The third-order valence-corrected chi connectivity index (χ3v) is 3.68. The average Bonchev–Trinajstić information content (AvgIpc) is 2.42. The van der Waals surface area contributed by atoms with Crippen LogP contribution < -0.4 is 0 Å². The van der Waals surface area contributed by atoms with Gasteiger partial charge >= 0.3 is 5.97 Å². The zero-order chi connectivity index (χ0) is 11.6. The Labute approximate surface area is 90.2 Å². The predicted octanol–water partition coefficient (Wildman–Crippen LogP) is 0.913. The fourth-order valence-electron chi connectivity index (χ4n) is 2.81. The lowest BCUT2D eigenvalue weighted by atomic mass is 9.75. The Balaban J connectivity index is 2.84. The van der Waals surface area contributed by atoms with Gasteiger partial charge in [-0.1, -0.05) is 13.8 Å². The van der Waals surface area contributed by atoms with E-state index in [1.54, 1.807) is 0 Å². The van der Waals surface area contributed by atoms with Crippen molar-refractivity contribution >= 4 is 5.97 Å². The van der Waals surface area contributed by atoms with Crippen molar-refractivity contribution in [2.45, 2.75) is 39.4 Å². The molecule has 0 amide bonds. The lowest BCUT2D eigenvalue weighted by molar-refractivity contribution is -0.171. The maximum atomic E-state index is 11.3. The van der Waals surface area contributed by atoms with Crippen LogP contribution in [0, 0.1) is 17.3 Å². The van der Waals surface area contributed by atoms with E-state index in [1.807, 2.05) is 6.92 Å². The van der Waals surface area contributed by atoms with Crippen molar-refractivity contribution in [1.29, 1.82) is 0 Å². The molecular formula is C11H20O4. The minimum atomic E-state index is -1.45. The summed E-state index contributed by atoms with van der Waals surface area (Å²) in [5, 5.41) is 19.0. The third kappa shape index (κ3) is 2.32. The summed E-state index contributed by atoms with van der Waals surface area (Å²) in [7, 11) is 1.32. The van der Waals surface area contributed by atoms with Gasteiger partial charge in [0.15, 0.2) is 6.29 Å². The van der Waals surface area contributed by atoms with Crippen LogP contribution in [0.2, 0.25) is 0 Å². The lowest BCUT2D eigenvalue weighted by Gasteiger charge is -2.34. The van der Waals surface area contributed by atoms with Crippen LogP contribution in [-0.2, 0) is 9.53 Å². The number of aliphatic hydroxyl groups is 2. The van der Waals surface area contributed by atoms with Crippen LogP contribution in [0.4, 0.5) is 0 Å². The van der Waals surface area contributed by atoms with Gasteiger partial charge in [0.05, 0.1) is 13.5 Å². The second-order valence-electron chi connectivity index (χ2n) is 4.81. The molecule has 88 valence electrons. The van der Waals surface area contributed by atoms with E-state index < -0.39 is 11.7 Å². The Kier molecular flexibility index (Phi) is 3.73. The van der Waals surface area contributed by atoms with Crippen molar-refractivity contribution in [2.75, 3.05) is 7.11 Å². The Bertz CT molecular complexity index is 239. The number of hydrogen-bond donors (Lipinski definition) is 2. The summed E-state index contributed by atoms with van der Waals surface area (Å²) in [5.41, 5.74) is -0.716. The topological polar surface area (TPSA) is 66.8 Å². The van der Waals surface area contributed by atoms with Gasteiger partial charge in [-0.2, -0.15) is 0 Å². The van der Waals surface area contributed by atoms with Crippen LogP contribution in [0.3, 0.4) is 0 Å². The van der Waals surface area contributed by atoms with Crippen molar-refractivity contribution in [3.05, 3.63) is 0 Å². The van der Waals surface area contributed by atoms with Crippen LogP contribution in [-0.4, -0.2) is 29.6 Å². The Hall–Kier alpha value is -0.610. The van der Waals surface area contributed by atoms with Crippen molar-refractivity contribution in [3.8, 4) is 0 Å². The largest absolute Gasteiger partial charge is 0.469 e. The van der Waals surface area contributed by atoms with E-state index >= 15 is 0 Å². The molecule has 3 unspecified atom stereocenters. The van der Waals surface area contributed by atoms with E-state index in [2.05, 4.69) is 11.7 Å². The third-order valence-electron chi connectivity index (χ3n) is 3.68. The van der Waals surface area contributed by atoms with E-state index in [1.165, 1.54) is 7.11 Å². The van der Waals surface area contributed by atoms with Gasteiger partial charge < -0.3 is 14.9 Å². The molecule has 4 heteroatoms. The number of rotatable bonds is 3. The number of ether oxygens (including phenoxy) is 1. The molecule has 1 aliphatic carbocycles. The minimum absolute atomic E-state index is 0.0900. The molecule has 1 rings (SSSR count). The highest BCUT2D eigenvalue weighted by Gasteiger charge is 2.49. The van der Waals surface area contributed by atoms with E-state index in [9.17, 15) is 15.0 Å². The number of esters is 1. The van der Waals surface area contributed by atoms with Gasteiger partial charge in [0, 0.05) is 5.41 Å². The van der Waals surface area contributed by atoms with Gasteiger partial charge in [-0.15, -0.1) is 0 Å². The van der Waals surface area contributed by atoms with Crippen LogP contribution in [0.15, 0.2) is 0 Å². The quantitative estimate of drug-likeness (QED) is 0.543. The monoisotopic (exact) mass is 216 g/mol. The van der Waals surface area contributed by atoms with Crippen LogP contribution >= 0.6 is 0 Å². The molecule has 0 aromatic rings. The minimum Gasteiger partial charge on any atom is -0.469 e. The molecule has 1 saturated carbocycles. The van der Waals surface area contributed by atoms with Gasteiger partial charge in [0.1, 0.15) is 0 Å². The highest BCUT2D eigenvalue weighted by Crippen LogP contribution is 2.50. The van der Waals surface area contributed by atoms with Gasteiger partial charge in [0.2, 0.25) is 0 Å². The fourth-order valence-corrected chi connectivity index (χ4v) is 2.81. The zero-order valence-electron chi connectivity index (χ0n) is 9.56. The molecule has 2 N–H and O–H groups in total. The molecule has 0 spiro atoms. The van der Waals surface area contributed by atoms with Gasteiger partial charge in [-0.25, -0.2) is 0 Å². The highest BCUT2D eigenvalue weighted by atomic mass is 16.5. The van der Waals surface area contributed by atoms with Gasteiger partial charge in [0.25, 0.3) is 0 Å². The van der Waals surface area contributed by atoms with Crippen LogP contribution in [0.25, 0.3) is 0 Å². The summed E-state index contributed by atoms with van der Waals surface area (Å²) in [6, 6.07) is 0. The first kappa shape index (κ1) is 12.5. The SMILES string of the molecule is COC(=O)CC1(C(O)O)CC(C)CC1C. The number of aliphatic hydroxyl groups excluding tert-OH is 1. The molecule has 15 heavy (non-hydrogen) atoms.